The Bertz CT molecular complexity index is 497. The van der Waals surface area contributed by atoms with Crippen molar-refractivity contribution in [2.24, 2.45) is 0 Å². The highest BCUT2D eigenvalue weighted by atomic mass is 32.1. The molecule has 17 heavy (non-hydrogen) atoms. The van der Waals surface area contributed by atoms with E-state index in [2.05, 4.69) is 20.6 Å². The van der Waals surface area contributed by atoms with Gasteiger partial charge in [0.15, 0.2) is 0 Å². The van der Waals surface area contributed by atoms with E-state index in [0.717, 1.165) is 22.6 Å². The third-order valence-corrected chi connectivity index (χ3v) is 3.03. The van der Waals surface area contributed by atoms with E-state index in [1.807, 2.05) is 18.4 Å². The SMILES string of the molecule is CCNc1nc(NCC(C)O)c2ccsc2n1. The zero-order chi connectivity index (χ0) is 12.3. The van der Waals surface area contributed by atoms with Crippen molar-refractivity contribution < 1.29 is 5.11 Å². The highest BCUT2D eigenvalue weighted by molar-refractivity contribution is 7.16. The van der Waals surface area contributed by atoms with Crippen molar-refractivity contribution in [2.45, 2.75) is 20.0 Å². The minimum Gasteiger partial charge on any atom is -0.392 e. The largest absolute Gasteiger partial charge is 0.392 e. The molecule has 2 rings (SSSR count). The maximum absolute atomic E-state index is 9.29. The Morgan fingerprint density at radius 2 is 2.24 bits per heavy atom. The van der Waals surface area contributed by atoms with Gasteiger partial charge in [-0.3, -0.25) is 0 Å². The Kier molecular flexibility index (Phi) is 3.75. The van der Waals surface area contributed by atoms with Crippen molar-refractivity contribution in [1.29, 1.82) is 0 Å². The molecule has 3 N–H and O–H groups in total. The van der Waals surface area contributed by atoms with Crippen molar-refractivity contribution in [3.8, 4) is 0 Å². The summed E-state index contributed by atoms with van der Waals surface area (Å²) in [5.41, 5.74) is 0. The van der Waals surface area contributed by atoms with Gasteiger partial charge in [-0.05, 0) is 25.3 Å². The summed E-state index contributed by atoms with van der Waals surface area (Å²) in [6, 6.07) is 1.99. The van der Waals surface area contributed by atoms with Gasteiger partial charge in [0, 0.05) is 13.1 Å². The summed E-state index contributed by atoms with van der Waals surface area (Å²) in [7, 11) is 0. The van der Waals surface area contributed by atoms with Gasteiger partial charge in [-0.1, -0.05) is 0 Å². The minimum atomic E-state index is -0.402. The lowest BCUT2D eigenvalue weighted by atomic mass is 10.3. The summed E-state index contributed by atoms with van der Waals surface area (Å²) >= 11 is 1.58. The summed E-state index contributed by atoms with van der Waals surface area (Å²) in [5, 5.41) is 18.5. The third kappa shape index (κ3) is 2.83. The first kappa shape index (κ1) is 12.1. The Hall–Kier alpha value is -1.40. The first-order chi connectivity index (χ1) is 8.20. The van der Waals surface area contributed by atoms with Crippen LogP contribution in [0.15, 0.2) is 11.4 Å². The van der Waals surface area contributed by atoms with E-state index in [1.165, 1.54) is 0 Å². The van der Waals surface area contributed by atoms with E-state index in [-0.39, 0.29) is 0 Å². The van der Waals surface area contributed by atoms with Crippen molar-refractivity contribution >= 4 is 33.3 Å². The molecule has 1 unspecified atom stereocenters. The molecule has 2 heterocycles. The van der Waals surface area contributed by atoms with Crippen molar-refractivity contribution in [3.05, 3.63) is 11.4 Å². The van der Waals surface area contributed by atoms with Crippen LogP contribution in [0.3, 0.4) is 0 Å². The van der Waals surface area contributed by atoms with E-state index in [0.29, 0.717) is 12.5 Å². The van der Waals surface area contributed by atoms with Crippen LogP contribution in [0.4, 0.5) is 11.8 Å². The van der Waals surface area contributed by atoms with Crippen LogP contribution in [0.25, 0.3) is 10.2 Å². The standard InChI is InChI=1S/C11H16N4OS/c1-3-12-11-14-9(13-6-7(2)16)8-4-5-17-10(8)15-11/h4-5,7,16H,3,6H2,1-2H3,(H2,12,13,14,15). The molecule has 2 aromatic heterocycles. The maximum atomic E-state index is 9.29. The zero-order valence-electron chi connectivity index (χ0n) is 9.90. The molecule has 0 spiro atoms. The molecule has 1 atom stereocenters. The predicted molar refractivity (Wildman–Crippen MR) is 71.7 cm³/mol. The second kappa shape index (κ2) is 5.29. The zero-order valence-corrected chi connectivity index (χ0v) is 10.7. The fourth-order valence-corrected chi connectivity index (χ4v) is 2.24. The van der Waals surface area contributed by atoms with Crippen LogP contribution >= 0.6 is 11.3 Å². The van der Waals surface area contributed by atoms with E-state index in [4.69, 9.17) is 0 Å². The van der Waals surface area contributed by atoms with Crippen molar-refractivity contribution in [3.63, 3.8) is 0 Å². The number of nitrogens with zero attached hydrogens (tertiary/aromatic N) is 2. The molecule has 92 valence electrons. The minimum absolute atomic E-state index is 0.402. The molecule has 6 heteroatoms. The number of aliphatic hydroxyl groups is 1. The second-order valence-corrected chi connectivity index (χ2v) is 4.69. The van der Waals surface area contributed by atoms with Crippen LogP contribution in [0.2, 0.25) is 0 Å². The lowest BCUT2D eigenvalue weighted by Gasteiger charge is -2.10. The van der Waals surface area contributed by atoms with Crippen LogP contribution in [0.5, 0.6) is 0 Å². The molecular formula is C11H16N4OS. The van der Waals surface area contributed by atoms with E-state index >= 15 is 0 Å². The monoisotopic (exact) mass is 252 g/mol. The van der Waals surface area contributed by atoms with Crippen LogP contribution < -0.4 is 10.6 Å². The van der Waals surface area contributed by atoms with Crippen LogP contribution in [-0.2, 0) is 0 Å². The summed E-state index contributed by atoms with van der Waals surface area (Å²) in [6.45, 7) is 5.01. The number of rotatable bonds is 5. The average Bonchev–Trinajstić information content (AvgIpc) is 2.74. The maximum Gasteiger partial charge on any atom is 0.226 e. The van der Waals surface area contributed by atoms with Crippen molar-refractivity contribution in [1.82, 2.24) is 9.97 Å². The molecule has 0 aliphatic rings. The smallest absolute Gasteiger partial charge is 0.226 e. The third-order valence-electron chi connectivity index (χ3n) is 2.22. The number of anilines is 2. The molecule has 0 aliphatic heterocycles. The first-order valence-corrected chi connectivity index (χ1v) is 6.49. The molecule has 0 saturated heterocycles. The first-order valence-electron chi connectivity index (χ1n) is 5.61. The molecule has 0 amide bonds. The van der Waals surface area contributed by atoms with E-state index in [9.17, 15) is 5.11 Å². The van der Waals surface area contributed by atoms with Crippen LogP contribution in [0.1, 0.15) is 13.8 Å². The highest BCUT2D eigenvalue weighted by Gasteiger charge is 2.08. The number of aliphatic hydroxyl groups excluding tert-OH is 1. The van der Waals surface area contributed by atoms with Crippen LogP contribution in [-0.4, -0.2) is 34.3 Å². The Balaban J connectivity index is 2.32. The quantitative estimate of drug-likeness (QED) is 0.758. The van der Waals surface area contributed by atoms with Gasteiger partial charge in [0.1, 0.15) is 10.6 Å². The molecular weight excluding hydrogens is 236 g/mol. The van der Waals surface area contributed by atoms with Crippen molar-refractivity contribution in [2.75, 3.05) is 23.7 Å². The number of nitrogens with one attached hydrogen (secondary N) is 2. The normalized spacial score (nSPS) is 12.6. The van der Waals surface area contributed by atoms with E-state index in [1.54, 1.807) is 18.3 Å². The molecule has 0 aromatic carbocycles. The Labute approximate surface area is 104 Å². The number of thiophene rings is 1. The average molecular weight is 252 g/mol. The lowest BCUT2D eigenvalue weighted by molar-refractivity contribution is 0.208. The van der Waals surface area contributed by atoms with Gasteiger partial charge in [0.2, 0.25) is 5.95 Å². The summed E-state index contributed by atoms with van der Waals surface area (Å²) in [6.07, 6.45) is -0.402. The van der Waals surface area contributed by atoms with Gasteiger partial charge in [-0.2, -0.15) is 4.98 Å². The second-order valence-electron chi connectivity index (χ2n) is 3.80. The van der Waals surface area contributed by atoms with Crippen LogP contribution in [0, 0.1) is 0 Å². The number of fused-ring (bicyclic) bond motifs is 1. The number of aromatic nitrogens is 2. The fraction of sp³-hybridized carbons (Fsp3) is 0.455. The van der Waals surface area contributed by atoms with Gasteiger partial charge in [0.05, 0.1) is 11.5 Å². The highest BCUT2D eigenvalue weighted by Crippen LogP contribution is 2.26. The Morgan fingerprint density at radius 1 is 1.41 bits per heavy atom. The molecule has 0 fully saturated rings. The molecule has 0 saturated carbocycles. The van der Waals surface area contributed by atoms with Gasteiger partial charge >= 0.3 is 0 Å². The lowest BCUT2D eigenvalue weighted by Crippen LogP contribution is -2.16. The van der Waals surface area contributed by atoms with Gasteiger partial charge in [-0.25, -0.2) is 4.98 Å². The van der Waals surface area contributed by atoms with Gasteiger partial charge in [0.25, 0.3) is 0 Å². The summed E-state index contributed by atoms with van der Waals surface area (Å²) in [4.78, 5) is 9.75. The molecule has 5 nitrogen and oxygen atoms in total. The molecule has 0 bridgehead atoms. The number of hydrogen-bond donors (Lipinski definition) is 3. The molecule has 2 aromatic rings. The number of hydrogen-bond acceptors (Lipinski definition) is 6. The topological polar surface area (TPSA) is 70.1 Å². The molecule has 0 radical (unpaired) electrons. The Morgan fingerprint density at radius 3 is 2.94 bits per heavy atom. The molecule has 0 aliphatic carbocycles. The summed E-state index contributed by atoms with van der Waals surface area (Å²) in [5.74, 6) is 1.39. The van der Waals surface area contributed by atoms with Gasteiger partial charge in [-0.15, -0.1) is 11.3 Å². The van der Waals surface area contributed by atoms with Gasteiger partial charge < -0.3 is 15.7 Å². The summed E-state index contributed by atoms with van der Waals surface area (Å²) < 4.78 is 0. The fourth-order valence-electron chi connectivity index (χ4n) is 1.47. The van der Waals surface area contributed by atoms with E-state index < -0.39 is 6.10 Å². The predicted octanol–water partition coefficient (Wildman–Crippen LogP) is 1.92.